The maximum absolute atomic E-state index is 13.1. The van der Waals surface area contributed by atoms with Crippen LogP contribution in [0.1, 0.15) is 57.0 Å². The molecule has 1 aromatic carbocycles. The fraction of sp³-hybridized carbons (Fsp3) is 0.650. The molecule has 1 atom stereocenters. The van der Waals surface area contributed by atoms with Crippen LogP contribution in [0, 0.1) is 11.8 Å². The second-order valence-corrected chi connectivity index (χ2v) is 7.58. The van der Waals surface area contributed by atoms with Gasteiger partial charge in [0.15, 0.2) is 5.78 Å². The van der Waals surface area contributed by atoms with Gasteiger partial charge in [-0.2, -0.15) is 0 Å². The van der Waals surface area contributed by atoms with Crippen LogP contribution in [0.25, 0.3) is 0 Å². The van der Waals surface area contributed by atoms with Gasteiger partial charge in [-0.05, 0) is 48.4 Å². The summed E-state index contributed by atoms with van der Waals surface area (Å²) in [5, 5.41) is 3.36. The van der Waals surface area contributed by atoms with Gasteiger partial charge in [-0.1, -0.05) is 34.6 Å². The first-order chi connectivity index (χ1) is 10.9. The number of hydrogen-bond donors (Lipinski definition) is 1. The topological polar surface area (TPSA) is 32.3 Å². The highest BCUT2D eigenvalue weighted by Crippen LogP contribution is 2.25. The minimum Gasteiger partial charge on any atom is -0.384 e. The zero-order valence-electron chi connectivity index (χ0n) is 15.4. The van der Waals surface area contributed by atoms with Gasteiger partial charge in [0.25, 0.3) is 0 Å². The summed E-state index contributed by atoms with van der Waals surface area (Å²) in [6.45, 7) is 14.0. The van der Waals surface area contributed by atoms with Crippen LogP contribution >= 0.6 is 0 Å². The van der Waals surface area contributed by atoms with Gasteiger partial charge < -0.3 is 5.32 Å². The van der Waals surface area contributed by atoms with Crippen LogP contribution in [-0.2, 0) is 6.42 Å². The monoisotopic (exact) mass is 316 g/mol. The summed E-state index contributed by atoms with van der Waals surface area (Å²) in [6, 6.07) is 6.15. The van der Waals surface area contributed by atoms with Crippen molar-refractivity contribution >= 4 is 11.5 Å². The number of nitrogens with zero attached hydrogens (tertiary/aromatic N) is 1. The van der Waals surface area contributed by atoms with E-state index in [1.807, 2.05) is 6.07 Å². The third kappa shape index (κ3) is 4.57. The van der Waals surface area contributed by atoms with Gasteiger partial charge in [0.2, 0.25) is 0 Å². The number of hydrogen-bond acceptors (Lipinski definition) is 3. The quantitative estimate of drug-likeness (QED) is 0.728. The van der Waals surface area contributed by atoms with Gasteiger partial charge in [0, 0.05) is 30.9 Å². The Morgan fingerprint density at radius 3 is 2.39 bits per heavy atom. The summed E-state index contributed by atoms with van der Waals surface area (Å²) in [5.74, 6) is 1.42. The van der Waals surface area contributed by atoms with Crippen molar-refractivity contribution in [2.75, 3.05) is 25.0 Å². The van der Waals surface area contributed by atoms with E-state index < -0.39 is 0 Å². The molecule has 128 valence electrons. The lowest BCUT2D eigenvalue weighted by molar-refractivity contribution is 0.0768. The first-order valence-corrected chi connectivity index (χ1v) is 9.07. The SMILES string of the molecule is CCC(C(=O)c1ccc2c(c1)CCN2)N(CC(C)C)CC(C)C. The highest BCUT2D eigenvalue weighted by Gasteiger charge is 2.27. The minimum atomic E-state index is -0.00721. The normalized spacial score (nSPS) is 15.1. The zero-order chi connectivity index (χ0) is 17.0. The van der Waals surface area contributed by atoms with Crippen LogP contribution < -0.4 is 5.32 Å². The molecule has 0 bridgehead atoms. The molecule has 3 nitrogen and oxygen atoms in total. The predicted octanol–water partition coefficient (Wildman–Crippen LogP) is 4.23. The molecule has 1 aliphatic rings. The Kier molecular flexibility index (Phi) is 6.23. The standard InChI is InChI=1S/C20H32N2O/c1-6-19(22(12-14(2)3)13-15(4)5)20(23)17-7-8-18-16(11-17)9-10-21-18/h7-8,11,14-15,19,21H,6,9-10,12-13H2,1-5H3. The Bertz CT molecular complexity index is 526. The van der Waals surface area contributed by atoms with Crippen LogP contribution in [0.3, 0.4) is 0 Å². The molecule has 0 aromatic heterocycles. The number of benzene rings is 1. The summed E-state index contributed by atoms with van der Waals surface area (Å²) in [7, 11) is 0. The Morgan fingerprint density at radius 2 is 1.83 bits per heavy atom. The van der Waals surface area contributed by atoms with Crippen LogP contribution in [0.2, 0.25) is 0 Å². The molecule has 1 unspecified atom stereocenters. The maximum atomic E-state index is 13.1. The smallest absolute Gasteiger partial charge is 0.179 e. The van der Waals surface area contributed by atoms with Crippen LogP contribution in [0.15, 0.2) is 18.2 Å². The van der Waals surface area contributed by atoms with E-state index in [1.54, 1.807) is 0 Å². The van der Waals surface area contributed by atoms with Crippen molar-refractivity contribution in [3.63, 3.8) is 0 Å². The number of ketones is 1. The van der Waals surface area contributed by atoms with Crippen LogP contribution in [0.4, 0.5) is 5.69 Å². The summed E-state index contributed by atoms with van der Waals surface area (Å²) in [5.41, 5.74) is 3.34. The molecule has 0 radical (unpaired) electrons. The largest absolute Gasteiger partial charge is 0.384 e. The average Bonchev–Trinajstić information content (AvgIpc) is 2.93. The van der Waals surface area contributed by atoms with Crippen LogP contribution in [0.5, 0.6) is 0 Å². The molecule has 3 heteroatoms. The number of carbonyl (C=O) groups excluding carboxylic acids is 1. The molecule has 1 aliphatic heterocycles. The predicted molar refractivity (Wildman–Crippen MR) is 98.3 cm³/mol. The van der Waals surface area contributed by atoms with E-state index in [-0.39, 0.29) is 11.8 Å². The molecule has 0 amide bonds. The maximum Gasteiger partial charge on any atom is 0.179 e. The van der Waals surface area contributed by atoms with Crippen molar-refractivity contribution in [3.05, 3.63) is 29.3 Å². The molecule has 2 rings (SSSR count). The van der Waals surface area contributed by atoms with E-state index >= 15 is 0 Å². The summed E-state index contributed by atoms with van der Waals surface area (Å²) >= 11 is 0. The number of fused-ring (bicyclic) bond motifs is 1. The number of carbonyl (C=O) groups is 1. The van der Waals surface area contributed by atoms with Crippen molar-refractivity contribution in [1.29, 1.82) is 0 Å². The van der Waals surface area contributed by atoms with E-state index in [0.717, 1.165) is 38.0 Å². The number of Topliss-reactive ketones (excluding diaryl/α,β-unsaturated/α-hetero) is 1. The molecule has 0 saturated carbocycles. The molecule has 0 fully saturated rings. The first-order valence-electron chi connectivity index (χ1n) is 9.07. The molecule has 23 heavy (non-hydrogen) atoms. The van der Waals surface area contributed by atoms with Gasteiger partial charge in [0.1, 0.15) is 0 Å². The van der Waals surface area contributed by atoms with Gasteiger partial charge in [-0.3, -0.25) is 9.69 Å². The molecular formula is C20H32N2O. The fourth-order valence-corrected chi connectivity index (χ4v) is 3.53. The number of rotatable bonds is 8. The fourth-order valence-electron chi connectivity index (χ4n) is 3.53. The number of nitrogens with one attached hydrogen (secondary N) is 1. The van der Waals surface area contributed by atoms with Gasteiger partial charge >= 0.3 is 0 Å². The molecule has 1 heterocycles. The second-order valence-electron chi connectivity index (χ2n) is 7.58. The van der Waals surface area contributed by atoms with E-state index in [0.29, 0.717) is 11.8 Å². The zero-order valence-corrected chi connectivity index (χ0v) is 15.4. The second kappa shape index (κ2) is 7.96. The Hall–Kier alpha value is -1.35. The third-order valence-electron chi connectivity index (χ3n) is 4.43. The van der Waals surface area contributed by atoms with E-state index in [4.69, 9.17) is 0 Å². The van der Waals surface area contributed by atoms with E-state index in [9.17, 15) is 4.79 Å². The van der Waals surface area contributed by atoms with Crippen molar-refractivity contribution in [2.24, 2.45) is 11.8 Å². The van der Waals surface area contributed by atoms with Gasteiger partial charge in [0.05, 0.1) is 6.04 Å². The van der Waals surface area contributed by atoms with Gasteiger partial charge in [-0.25, -0.2) is 0 Å². The minimum absolute atomic E-state index is 0.00721. The third-order valence-corrected chi connectivity index (χ3v) is 4.43. The average molecular weight is 316 g/mol. The van der Waals surface area contributed by atoms with E-state index in [2.05, 4.69) is 57.0 Å². The molecular weight excluding hydrogens is 284 g/mol. The van der Waals surface area contributed by atoms with Crippen molar-refractivity contribution in [3.8, 4) is 0 Å². The summed E-state index contributed by atoms with van der Waals surface area (Å²) in [4.78, 5) is 15.5. The van der Waals surface area contributed by atoms with Gasteiger partial charge in [-0.15, -0.1) is 0 Å². The van der Waals surface area contributed by atoms with Crippen molar-refractivity contribution in [2.45, 2.75) is 53.5 Å². The molecule has 0 spiro atoms. The van der Waals surface area contributed by atoms with Crippen LogP contribution in [-0.4, -0.2) is 36.4 Å². The molecule has 1 N–H and O–H groups in total. The lowest BCUT2D eigenvalue weighted by Crippen LogP contribution is -2.44. The molecule has 0 saturated heterocycles. The first kappa shape index (κ1) is 18.0. The lowest BCUT2D eigenvalue weighted by Gasteiger charge is -2.33. The van der Waals surface area contributed by atoms with Crippen molar-refractivity contribution in [1.82, 2.24) is 4.90 Å². The van der Waals surface area contributed by atoms with E-state index in [1.165, 1.54) is 11.3 Å². The molecule has 1 aromatic rings. The molecule has 0 aliphatic carbocycles. The highest BCUT2D eigenvalue weighted by molar-refractivity contribution is 6.00. The lowest BCUT2D eigenvalue weighted by atomic mass is 9.96. The Morgan fingerprint density at radius 1 is 1.17 bits per heavy atom. The summed E-state index contributed by atoms with van der Waals surface area (Å²) in [6.07, 6.45) is 1.89. The highest BCUT2D eigenvalue weighted by atomic mass is 16.1. The summed E-state index contributed by atoms with van der Waals surface area (Å²) < 4.78 is 0. The number of anilines is 1. The van der Waals surface area contributed by atoms with Crippen molar-refractivity contribution < 1.29 is 4.79 Å². The Labute approximate surface area is 141 Å². The Balaban J connectivity index is 2.21.